The Labute approximate surface area is 40.8 Å². The van der Waals surface area contributed by atoms with Crippen LogP contribution in [0, 0.1) is 5.21 Å². The van der Waals surface area contributed by atoms with Gasteiger partial charge < -0.3 is 8.85 Å². The van der Waals surface area contributed by atoms with E-state index in [1.165, 1.54) is 0 Å². The maximum absolute atomic E-state index is 9.78. The van der Waals surface area contributed by atoms with Gasteiger partial charge >= 0.3 is 31.2 Å². The molecule has 0 aliphatic carbocycles. The van der Waals surface area contributed by atoms with E-state index in [0.29, 0.717) is 0 Å². The fourth-order valence-electron chi connectivity index (χ4n) is 0. The molecule has 5 heavy (non-hydrogen) atoms. The van der Waals surface area contributed by atoms with Crippen molar-refractivity contribution in [1.82, 2.24) is 0 Å². The Morgan fingerprint density at radius 2 is 1.20 bits per heavy atom. The number of hydrogen-bond donors (Lipinski definition) is 0. The van der Waals surface area contributed by atoms with Crippen molar-refractivity contribution >= 4 is 31.2 Å². The first-order valence-corrected chi connectivity index (χ1v) is 2.20. The van der Waals surface area contributed by atoms with Crippen molar-refractivity contribution in [2.45, 2.75) is 0 Å². The van der Waals surface area contributed by atoms with Gasteiger partial charge in [-0.05, 0) is 0 Å². The molecule has 0 atom stereocenters. The Hall–Kier alpha value is 0.571. The minimum absolute atomic E-state index is 0.833. The second-order valence-electron chi connectivity index (χ2n) is 0.609. The van der Waals surface area contributed by atoms with E-state index in [2.05, 4.69) is 31.2 Å². The summed E-state index contributed by atoms with van der Waals surface area (Å²) in [5, 5.41) is 9.78. The fourth-order valence-corrected chi connectivity index (χ4v) is 0. The zero-order chi connectivity index (χ0) is 4.50. The smallest absolute Gasteiger partial charge is 0.409 e. The van der Waals surface area contributed by atoms with Crippen LogP contribution < -0.4 is 0 Å². The van der Waals surface area contributed by atoms with Crippen LogP contribution in [0.2, 0.25) is 0 Å². The molecule has 0 rings (SSSR count). The zero-order valence-corrected chi connectivity index (χ0v) is 5.36. The summed E-state index contributed by atoms with van der Waals surface area (Å²) >= 11 is 0. The van der Waals surface area contributed by atoms with Crippen LogP contribution >= 0.6 is 0 Å². The average molecular weight is 114 g/mol. The van der Waals surface area contributed by atoms with E-state index >= 15 is 0 Å². The van der Waals surface area contributed by atoms with E-state index in [-0.39, 0.29) is 0 Å². The molecule has 0 amide bonds. The molecule has 0 spiro atoms. The molecule has 0 aliphatic rings. The number of hydrogen-bond acceptors (Lipinski definition) is 1. The van der Waals surface area contributed by atoms with Crippen molar-refractivity contribution in [3.63, 3.8) is 0 Å². The minimum Gasteiger partial charge on any atom is -0.692 e. The summed E-state index contributed by atoms with van der Waals surface area (Å²) in [6.45, 7) is 0. The summed E-state index contributed by atoms with van der Waals surface area (Å²) in [7, 11) is 7.88. The van der Waals surface area contributed by atoms with Crippen LogP contribution in [0.3, 0.4) is 0 Å². The monoisotopic (exact) mass is 114 g/mol. The van der Waals surface area contributed by atoms with Crippen LogP contribution in [0.1, 0.15) is 0 Å². The lowest BCUT2D eigenvalue weighted by atomic mass is 13.4. The number of rotatable bonds is 0. The molecular formula is NOSi3. The molecule has 5 heteroatoms. The SMILES string of the molecule is [O-][N+]([Si])([Si])[Si]. The van der Waals surface area contributed by atoms with Gasteiger partial charge in [-0.1, -0.05) is 0 Å². The molecule has 0 heterocycles. The van der Waals surface area contributed by atoms with Crippen molar-refractivity contribution in [3.05, 3.63) is 5.21 Å². The summed E-state index contributed by atoms with van der Waals surface area (Å²) in [5.41, 5.74) is 0. The van der Waals surface area contributed by atoms with Crippen molar-refractivity contribution in [2.24, 2.45) is 0 Å². The number of quaternary nitrogens is 1. The molecule has 0 bridgehead atoms. The van der Waals surface area contributed by atoms with E-state index in [9.17, 15) is 5.21 Å². The van der Waals surface area contributed by atoms with Crippen molar-refractivity contribution < 1.29 is 3.64 Å². The van der Waals surface area contributed by atoms with Gasteiger partial charge in [0.05, 0.1) is 0 Å². The van der Waals surface area contributed by atoms with Crippen molar-refractivity contribution in [1.29, 1.82) is 0 Å². The number of nitrogens with zero attached hydrogens (tertiary/aromatic N) is 1. The molecule has 0 aromatic rings. The molecule has 0 N–H and O–H groups in total. The lowest BCUT2D eigenvalue weighted by Crippen LogP contribution is -2.31. The molecule has 0 saturated carbocycles. The third kappa shape index (κ3) is 92.8. The Morgan fingerprint density at radius 3 is 1.20 bits per heavy atom. The van der Waals surface area contributed by atoms with Gasteiger partial charge in [-0.15, -0.1) is 0 Å². The van der Waals surface area contributed by atoms with Crippen LogP contribution in [0.15, 0.2) is 0 Å². The second-order valence-corrected chi connectivity index (χ2v) is 3.84. The molecule has 0 saturated heterocycles. The fraction of sp³-hybridized carbons (Fsp3) is 0. The third-order valence-corrected chi connectivity index (χ3v) is 0. The van der Waals surface area contributed by atoms with Crippen molar-refractivity contribution in [3.8, 4) is 0 Å². The minimum atomic E-state index is -0.833. The summed E-state index contributed by atoms with van der Waals surface area (Å²) in [5.74, 6) is 0. The van der Waals surface area contributed by atoms with Gasteiger partial charge in [0.25, 0.3) is 0 Å². The van der Waals surface area contributed by atoms with Crippen LogP contribution in [0.4, 0.5) is 0 Å². The molecule has 9 radical (unpaired) electrons. The molecular weight excluding hydrogens is 114 g/mol. The lowest BCUT2D eigenvalue weighted by Gasteiger charge is -2.28. The Bertz CT molecular complexity index is 22.4. The molecule has 0 aromatic carbocycles. The van der Waals surface area contributed by atoms with Gasteiger partial charge in [0.2, 0.25) is 0 Å². The van der Waals surface area contributed by atoms with Crippen LogP contribution in [-0.4, -0.2) is 34.9 Å². The van der Waals surface area contributed by atoms with Gasteiger partial charge in [0.1, 0.15) is 0 Å². The van der Waals surface area contributed by atoms with Gasteiger partial charge in [-0.2, -0.15) is 0 Å². The highest BCUT2D eigenvalue weighted by Gasteiger charge is 1.89. The van der Waals surface area contributed by atoms with Crippen molar-refractivity contribution in [2.75, 3.05) is 0 Å². The van der Waals surface area contributed by atoms with Crippen LogP contribution in [-0.2, 0) is 0 Å². The standard InChI is InChI=1S/NOSi3/c2-1(3,4)5. The quantitative estimate of drug-likeness (QED) is 0.279. The van der Waals surface area contributed by atoms with Crippen LogP contribution in [0.25, 0.3) is 0 Å². The highest BCUT2D eigenvalue weighted by Crippen LogP contribution is 1.70. The summed E-state index contributed by atoms with van der Waals surface area (Å²) in [6.07, 6.45) is 0. The topological polar surface area (TPSA) is 23.1 Å². The predicted molar refractivity (Wildman–Crippen MR) is 20.9 cm³/mol. The predicted octanol–water partition coefficient (Wildman–Crippen LogP) is -1.45. The Morgan fingerprint density at radius 1 is 1.20 bits per heavy atom. The second kappa shape index (κ2) is 1.35. The van der Waals surface area contributed by atoms with Gasteiger partial charge in [-0.3, -0.25) is 0 Å². The maximum Gasteiger partial charge on any atom is 0.409 e. The molecule has 0 fully saturated rings. The maximum atomic E-state index is 9.78. The normalized spacial score (nSPS) is 12.0. The molecule has 0 aromatic heterocycles. The first-order chi connectivity index (χ1) is 2.00. The summed E-state index contributed by atoms with van der Waals surface area (Å²) in [6, 6.07) is 0. The van der Waals surface area contributed by atoms with E-state index in [0.717, 1.165) is 0 Å². The Kier molecular flexibility index (Phi) is 1.50. The molecule has 0 unspecified atom stereocenters. The average Bonchev–Trinajstić information content (AvgIpc) is 0.722. The van der Waals surface area contributed by atoms with Gasteiger partial charge in [0, 0.05) is 0 Å². The summed E-state index contributed by atoms with van der Waals surface area (Å²) in [4.78, 5) is 0. The molecule has 0 aliphatic heterocycles. The van der Waals surface area contributed by atoms with E-state index < -0.39 is 3.64 Å². The van der Waals surface area contributed by atoms with E-state index in [1.54, 1.807) is 0 Å². The summed E-state index contributed by atoms with van der Waals surface area (Å²) < 4.78 is -0.833. The largest absolute Gasteiger partial charge is 0.692 e. The first kappa shape index (κ1) is 5.57. The van der Waals surface area contributed by atoms with E-state index in [4.69, 9.17) is 0 Å². The third-order valence-electron chi connectivity index (χ3n) is 0. The van der Waals surface area contributed by atoms with Gasteiger partial charge in [0.15, 0.2) is 0 Å². The molecule has 23 valence electrons. The lowest BCUT2D eigenvalue weighted by molar-refractivity contribution is -0.480. The van der Waals surface area contributed by atoms with Crippen LogP contribution in [0.5, 0.6) is 0 Å². The zero-order valence-electron chi connectivity index (χ0n) is 2.36. The van der Waals surface area contributed by atoms with E-state index in [1.807, 2.05) is 0 Å². The van der Waals surface area contributed by atoms with Gasteiger partial charge in [-0.25, -0.2) is 0 Å². The Balaban J connectivity index is 3.02. The molecule has 2 nitrogen and oxygen atoms in total. The highest BCUT2D eigenvalue weighted by atomic mass is 28.3. The first-order valence-electron chi connectivity index (χ1n) is 0.853. The highest BCUT2D eigenvalue weighted by molar-refractivity contribution is 6.28.